The second kappa shape index (κ2) is 11.0. The summed E-state index contributed by atoms with van der Waals surface area (Å²) in [5.41, 5.74) is 2.14. The van der Waals surface area contributed by atoms with Crippen LogP contribution in [0.1, 0.15) is 32.0 Å². The SMILES string of the molecule is CCNC(=NCc1nc2ccccc2n1C)NCCCOCC1CCOCC1. The summed E-state index contributed by atoms with van der Waals surface area (Å²) in [6.45, 7) is 7.66. The number of nitrogens with one attached hydrogen (secondary N) is 2. The van der Waals surface area contributed by atoms with Crippen LogP contribution in [0.2, 0.25) is 0 Å². The highest BCUT2D eigenvalue weighted by atomic mass is 16.5. The molecular weight excluding hydrogens is 354 g/mol. The Balaban J connectivity index is 1.41. The Bertz CT molecular complexity index is 752. The number of aromatic nitrogens is 2. The summed E-state index contributed by atoms with van der Waals surface area (Å²) < 4.78 is 13.3. The van der Waals surface area contributed by atoms with Crippen LogP contribution in [0, 0.1) is 5.92 Å². The van der Waals surface area contributed by atoms with Gasteiger partial charge < -0.3 is 24.7 Å². The number of rotatable bonds is 9. The molecule has 2 heterocycles. The van der Waals surface area contributed by atoms with Crippen LogP contribution in [0.25, 0.3) is 11.0 Å². The zero-order chi connectivity index (χ0) is 19.6. The minimum atomic E-state index is 0.542. The van der Waals surface area contributed by atoms with Gasteiger partial charge in [-0.25, -0.2) is 9.98 Å². The molecule has 2 N–H and O–H groups in total. The van der Waals surface area contributed by atoms with Gasteiger partial charge in [-0.05, 0) is 44.2 Å². The lowest BCUT2D eigenvalue weighted by Crippen LogP contribution is -2.38. The van der Waals surface area contributed by atoms with Crippen molar-refractivity contribution in [3.05, 3.63) is 30.1 Å². The molecule has 3 rings (SSSR count). The van der Waals surface area contributed by atoms with Crippen LogP contribution >= 0.6 is 0 Å². The van der Waals surface area contributed by atoms with Crippen molar-refractivity contribution >= 4 is 17.0 Å². The number of hydrogen-bond donors (Lipinski definition) is 2. The molecule has 7 heteroatoms. The molecule has 1 saturated heterocycles. The van der Waals surface area contributed by atoms with Crippen LogP contribution in [0.5, 0.6) is 0 Å². The van der Waals surface area contributed by atoms with Crippen molar-refractivity contribution in [3.8, 4) is 0 Å². The van der Waals surface area contributed by atoms with E-state index in [1.165, 1.54) is 0 Å². The predicted octanol–water partition coefficient (Wildman–Crippen LogP) is 2.46. The number of hydrogen-bond acceptors (Lipinski definition) is 4. The van der Waals surface area contributed by atoms with Gasteiger partial charge in [0.15, 0.2) is 5.96 Å². The summed E-state index contributed by atoms with van der Waals surface area (Å²) in [4.78, 5) is 9.37. The van der Waals surface area contributed by atoms with Crippen molar-refractivity contribution in [2.45, 2.75) is 32.7 Å². The molecule has 1 aliphatic rings. The molecule has 1 fully saturated rings. The van der Waals surface area contributed by atoms with Crippen LogP contribution in [-0.4, -0.2) is 55.0 Å². The number of benzene rings is 1. The highest BCUT2D eigenvalue weighted by Crippen LogP contribution is 2.15. The quantitative estimate of drug-likeness (QED) is 0.393. The number of fused-ring (bicyclic) bond motifs is 1. The lowest BCUT2D eigenvalue weighted by atomic mass is 10.0. The highest BCUT2D eigenvalue weighted by molar-refractivity contribution is 5.80. The van der Waals surface area contributed by atoms with Gasteiger partial charge >= 0.3 is 0 Å². The van der Waals surface area contributed by atoms with Crippen molar-refractivity contribution in [3.63, 3.8) is 0 Å². The molecule has 0 bridgehead atoms. The molecule has 1 aliphatic heterocycles. The van der Waals surface area contributed by atoms with Crippen molar-refractivity contribution < 1.29 is 9.47 Å². The van der Waals surface area contributed by atoms with E-state index in [0.717, 1.165) is 81.6 Å². The maximum absolute atomic E-state index is 5.82. The Kier molecular flexibility index (Phi) is 8.11. The molecule has 0 atom stereocenters. The van der Waals surface area contributed by atoms with Crippen LogP contribution in [0.4, 0.5) is 0 Å². The first kappa shape index (κ1) is 20.6. The molecule has 0 aliphatic carbocycles. The van der Waals surface area contributed by atoms with Crippen LogP contribution in [0.3, 0.4) is 0 Å². The Hall–Kier alpha value is -2.12. The summed E-state index contributed by atoms with van der Waals surface area (Å²) >= 11 is 0. The molecule has 0 unspecified atom stereocenters. The number of aliphatic imine (C=N–C) groups is 1. The Morgan fingerprint density at radius 3 is 2.89 bits per heavy atom. The van der Waals surface area contributed by atoms with E-state index >= 15 is 0 Å². The van der Waals surface area contributed by atoms with Crippen LogP contribution in [0.15, 0.2) is 29.3 Å². The van der Waals surface area contributed by atoms with E-state index in [-0.39, 0.29) is 0 Å². The molecule has 2 aromatic rings. The van der Waals surface area contributed by atoms with Crippen molar-refractivity contribution in [2.24, 2.45) is 18.0 Å². The number of guanidine groups is 1. The minimum Gasteiger partial charge on any atom is -0.381 e. The average molecular weight is 388 g/mol. The fourth-order valence-corrected chi connectivity index (χ4v) is 3.37. The van der Waals surface area contributed by atoms with Crippen molar-refractivity contribution in [1.29, 1.82) is 0 Å². The summed E-state index contributed by atoms with van der Waals surface area (Å²) in [6.07, 6.45) is 3.20. The van der Waals surface area contributed by atoms with Gasteiger partial charge in [0, 0.05) is 46.6 Å². The molecule has 7 nitrogen and oxygen atoms in total. The third kappa shape index (κ3) is 5.94. The van der Waals surface area contributed by atoms with E-state index < -0.39 is 0 Å². The van der Waals surface area contributed by atoms with E-state index in [1.807, 2.05) is 25.2 Å². The second-order valence-corrected chi connectivity index (χ2v) is 7.18. The molecule has 0 saturated carbocycles. The lowest BCUT2D eigenvalue weighted by molar-refractivity contribution is 0.0203. The number of imidazole rings is 1. The number of para-hydroxylation sites is 2. The molecule has 28 heavy (non-hydrogen) atoms. The van der Waals surface area contributed by atoms with E-state index in [4.69, 9.17) is 9.47 Å². The zero-order valence-electron chi connectivity index (χ0n) is 17.1. The summed E-state index contributed by atoms with van der Waals surface area (Å²) in [5.74, 6) is 2.44. The fourth-order valence-electron chi connectivity index (χ4n) is 3.37. The van der Waals surface area contributed by atoms with E-state index in [9.17, 15) is 0 Å². The largest absolute Gasteiger partial charge is 0.381 e. The summed E-state index contributed by atoms with van der Waals surface area (Å²) in [7, 11) is 2.04. The molecule has 1 aromatic carbocycles. The number of ether oxygens (including phenoxy) is 2. The first-order valence-electron chi connectivity index (χ1n) is 10.4. The van der Waals surface area contributed by atoms with Crippen LogP contribution < -0.4 is 10.6 Å². The third-order valence-electron chi connectivity index (χ3n) is 5.05. The number of aryl methyl sites for hydroxylation is 1. The molecule has 0 radical (unpaired) electrons. The lowest BCUT2D eigenvalue weighted by Gasteiger charge is -2.21. The van der Waals surface area contributed by atoms with Gasteiger partial charge in [0.05, 0.1) is 11.0 Å². The van der Waals surface area contributed by atoms with Gasteiger partial charge in [0.1, 0.15) is 12.4 Å². The standard InChI is InChI=1S/C21H33N5O2/c1-3-22-21(23-11-6-12-28-16-17-9-13-27-14-10-17)24-15-20-25-18-7-4-5-8-19(18)26(20)2/h4-5,7-8,17H,3,6,9-16H2,1-2H3,(H2,22,23,24). The Labute approximate surface area is 167 Å². The monoisotopic (exact) mass is 387 g/mol. The molecule has 0 amide bonds. The van der Waals surface area contributed by atoms with E-state index in [0.29, 0.717) is 12.5 Å². The third-order valence-corrected chi connectivity index (χ3v) is 5.05. The van der Waals surface area contributed by atoms with Crippen molar-refractivity contribution in [2.75, 3.05) is 39.5 Å². The minimum absolute atomic E-state index is 0.542. The Morgan fingerprint density at radius 2 is 2.11 bits per heavy atom. The molecule has 0 spiro atoms. The van der Waals surface area contributed by atoms with Crippen LogP contribution in [-0.2, 0) is 23.1 Å². The zero-order valence-corrected chi connectivity index (χ0v) is 17.1. The van der Waals surface area contributed by atoms with Gasteiger partial charge in [0.25, 0.3) is 0 Å². The summed E-state index contributed by atoms with van der Waals surface area (Å²) in [5, 5.41) is 6.68. The molecule has 1 aromatic heterocycles. The smallest absolute Gasteiger partial charge is 0.191 e. The maximum Gasteiger partial charge on any atom is 0.191 e. The predicted molar refractivity (Wildman–Crippen MR) is 113 cm³/mol. The van der Waals surface area contributed by atoms with Gasteiger partial charge in [-0.2, -0.15) is 0 Å². The fraction of sp³-hybridized carbons (Fsp3) is 0.619. The van der Waals surface area contributed by atoms with Crippen molar-refractivity contribution in [1.82, 2.24) is 20.2 Å². The normalized spacial score (nSPS) is 15.9. The maximum atomic E-state index is 5.82. The first-order chi connectivity index (χ1) is 13.8. The Morgan fingerprint density at radius 1 is 1.29 bits per heavy atom. The summed E-state index contributed by atoms with van der Waals surface area (Å²) in [6, 6.07) is 8.16. The molecular formula is C21H33N5O2. The topological polar surface area (TPSA) is 72.7 Å². The second-order valence-electron chi connectivity index (χ2n) is 7.18. The average Bonchev–Trinajstić information content (AvgIpc) is 3.05. The van der Waals surface area contributed by atoms with Gasteiger partial charge in [-0.3, -0.25) is 0 Å². The highest BCUT2D eigenvalue weighted by Gasteiger charge is 2.13. The van der Waals surface area contributed by atoms with E-state index in [2.05, 4.69) is 38.2 Å². The number of nitrogens with zero attached hydrogens (tertiary/aromatic N) is 3. The molecule has 154 valence electrons. The van der Waals surface area contributed by atoms with Gasteiger partial charge in [0.2, 0.25) is 0 Å². The first-order valence-corrected chi connectivity index (χ1v) is 10.4. The van der Waals surface area contributed by atoms with E-state index in [1.54, 1.807) is 0 Å². The van der Waals surface area contributed by atoms with Gasteiger partial charge in [-0.1, -0.05) is 12.1 Å². The van der Waals surface area contributed by atoms with Gasteiger partial charge in [-0.15, -0.1) is 0 Å².